The predicted octanol–water partition coefficient (Wildman–Crippen LogP) is 3.40. The normalized spacial score (nSPS) is 16.1. The molecule has 0 aromatic carbocycles. The van der Waals surface area contributed by atoms with Crippen LogP contribution < -0.4 is 5.32 Å². The Morgan fingerprint density at radius 2 is 1.82 bits per heavy atom. The van der Waals surface area contributed by atoms with Crippen molar-refractivity contribution in [2.75, 3.05) is 18.4 Å². The SMILES string of the molecule is CCN(CC)C(=O)c1cc(C)nc(NC2CCCCCC2)n1. The van der Waals surface area contributed by atoms with E-state index in [1.165, 1.54) is 25.7 Å². The number of carbonyl (C=O) groups is 1. The minimum atomic E-state index is -0.0144. The van der Waals surface area contributed by atoms with E-state index in [0.29, 0.717) is 30.8 Å². The fraction of sp³-hybridized carbons (Fsp3) is 0.706. The van der Waals surface area contributed by atoms with Gasteiger partial charge in [-0.1, -0.05) is 25.7 Å². The van der Waals surface area contributed by atoms with E-state index >= 15 is 0 Å². The first-order chi connectivity index (χ1) is 10.6. The maximum Gasteiger partial charge on any atom is 0.272 e. The smallest absolute Gasteiger partial charge is 0.272 e. The van der Waals surface area contributed by atoms with Crippen LogP contribution in [-0.2, 0) is 0 Å². The molecule has 1 saturated carbocycles. The molecule has 1 N–H and O–H groups in total. The number of hydrogen-bond donors (Lipinski definition) is 1. The van der Waals surface area contributed by atoms with E-state index in [2.05, 4.69) is 15.3 Å². The van der Waals surface area contributed by atoms with Crippen molar-refractivity contribution in [3.8, 4) is 0 Å². The molecular formula is C17H28N4O. The lowest BCUT2D eigenvalue weighted by Crippen LogP contribution is -2.31. The Balaban J connectivity index is 2.13. The highest BCUT2D eigenvalue weighted by Gasteiger charge is 2.18. The van der Waals surface area contributed by atoms with Gasteiger partial charge in [-0.3, -0.25) is 4.79 Å². The van der Waals surface area contributed by atoms with E-state index in [-0.39, 0.29) is 5.91 Å². The van der Waals surface area contributed by atoms with Crippen molar-refractivity contribution in [2.24, 2.45) is 0 Å². The van der Waals surface area contributed by atoms with Crippen LogP contribution >= 0.6 is 0 Å². The van der Waals surface area contributed by atoms with Crippen LogP contribution in [0.5, 0.6) is 0 Å². The summed E-state index contributed by atoms with van der Waals surface area (Å²) in [6, 6.07) is 2.21. The molecule has 2 rings (SSSR count). The summed E-state index contributed by atoms with van der Waals surface area (Å²) in [5.41, 5.74) is 1.33. The number of nitrogens with one attached hydrogen (secondary N) is 1. The molecule has 5 nitrogen and oxygen atoms in total. The largest absolute Gasteiger partial charge is 0.351 e. The number of anilines is 1. The summed E-state index contributed by atoms with van der Waals surface area (Å²) >= 11 is 0. The minimum Gasteiger partial charge on any atom is -0.351 e. The van der Waals surface area contributed by atoms with E-state index < -0.39 is 0 Å². The lowest BCUT2D eigenvalue weighted by atomic mass is 10.1. The second-order valence-corrected chi connectivity index (χ2v) is 6.03. The van der Waals surface area contributed by atoms with Crippen LogP contribution in [0, 0.1) is 6.92 Å². The maximum absolute atomic E-state index is 12.5. The van der Waals surface area contributed by atoms with Gasteiger partial charge in [-0.15, -0.1) is 0 Å². The summed E-state index contributed by atoms with van der Waals surface area (Å²) in [7, 11) is 0. The van der Waals surface area contributed by atoms with Gasteiger partial charge in [0, 0.05) is 24.8 Å². The zero-order valence-electron chi connectivity index (χ0n) is 14.1. The molecule has 5 heteroatoms. The van der Waals surface area contributed by atoms with Crippen molar-refractivity contribution in [2.45, 2.75) is 65.3 Å². The van der Waals surface area contributed by atoms with Crippen LogP contribution in [-0.4, -0.2) is 39.9 Å². The minimum absolute atomic E-state index is 0.0144. The first kappa shape index (κ1) is 16.7. The van der Waals surface area contributed by atoms with Crippen LogP contribution in [0.2, 0.25) is 0 Å². The van der Waals surface area contributed by atoms with Gasteiger partial charge in [0.2, 0.25) is 5.95 Å². The van der Waals surface area contributed by atoms with E-state index in [4.69, 9.17) is 0 Å². The van der Waals surface area contributed by atoms with Gasteiger partial charge in [-0.2, -0.15) is 0 Å². The molecule has 1 aliphatic carbocycles. The maximum atomic E-state index is 12.5. The van der Waals surface area contributed by atoms with Crippen LogP contribution in [0.3, 0.4) is 0 Å². The molecule has 0 unspecified atom stereocenters. The van der Waals surface area contributed by atoms with Crippen molar-refractivity contribution in [1.29, 1.82) is 0 Å². The zero-order chi connectivity index (χ0) is 15.9. The monoisotopic (exact) mass is 304 g/mol. The topological polar surface area (TPSA) is 58.1 Å². The third kappa shape index (κ3) is 4.42. The number of aromatic nitrogens is 2. The van der Waals surface area contributed by atoms with Crippen molar-refractivity contribution in [3.63, 3.8) is 0 Å². The Hall–Kier alpha value is -1.65. The molecule has 0 bridgehead atoms. The molecule has 0 spiro atoms. The van der Waals surface area contributed by atoms with Crippen molar-refractivity contribution < 1.29 is 4.79 Å². The first-order valence-corrected chi connectivity index (χ1v) is 8.55. The molecule has 0 atom stereocenters. The molecule has 22 heavy (non-hydrogen) atoms. The van der Waals surface area contributed by atoms with Crippen LogP contribution in [0.4, 0.5) is 5.95 Å². The molecule has 1 aliphatic rings. The van der Waals surface area contributed by atoms with Crippen molar-refractivity contribution in [3.05, 3.63) is 17.5 Å². The number of aryl methyl sites for hydroxylation is 1. The Morgan fingerprint density at radius 3 is 2.41 bits per heavy atom. The summed E-state index contributed by atoms with van der Waals surface area (Å²) in [5.74, 6) is 0.585. The molecule has 1 fully saturated rings. The van der Waals surface area contributed by atoms with Gasteiger partial charge < -0.3 is 10.2 Å². The molecule has 1 amide bonds. The van der Waals surface area contributed by atoms with Crippen LogP contribution in [0.1, 0.15) is 68.6 Å². The summed E-state index contributed by atoms with van der Waals surface area (Å²) in [5, 5.41) is 3.44. The Morgan fingerprint density at radius 1 is 1.18 bits per heavy atom. The summed E-state index contributed by atoms with van der Waals surface area (Å²) in [6.07, 6.45) is 7.48. The summed E-state index contributed by atoms with van der Waals surface area (Å²) in [4.78, 5) is 23.2. The van der Waals surface area contributed by atoms with Crippen molar-refractivity contribution >= 4 is 11.9 Å². The summed E-state index contributed by atoms with van der Waals surface area (Å²) in [6.45, 7) is 7.28. The molecule has 122 valence electrons. The van der Waals surface area contributed by atoms with Crippen LogP contribution in [0.25, 0.3) is 0 Å². The molecule has 0 aliphatic heterocycles. The van der Waals surface area contributed by atoms with E-state index in [1.54, 1.807) is 11.0 Å². The standard InChI is InChI=1S/C17H28N4O/c1-4-21(5-2)16(22)15-12-13(3)18-17(20-15)19-14-10-8-6-7-9-11-14/h12,14H,4-11H2,1-3H3,(H,18,19,20). The summed E-state index contributed by atoms with van der Waals surface area (Å²) < 4.78 is 0. The zero-order valence-corrected chi connectivity index (χ0v) is 14.1. The van der Waals surface area contributed by atoms with Crippen LogP contribution in [0.15, 0.2) is 6.07 Å². The second kappa shape index (κ2) is 8.11. The molecular weight excluding hydrogens is 276 g/mol. The lowest BCUT2D eigenvalue weighted by molar-refractivity contribution is 0.0767. The molecule has 1 heterocycles. The van der Waals surface area contributed by atoms with Gasteiger partial charge in [0.05, 0.1) is 0 Å². The quantitative estimate of drug-likeness (QED) is 0.847. The molecule has 0 saturated heterocycles. The van der Waals surface area contributed by atoms with Crippen molar-refractivity contribution in [1.82, 2.24) is 14.9 Å². The predicted molar refractivity (Wildman–Crippen MR) is 89.1 cm³/mol. The molecule has 1 aromatic rings. The number of hydrogen-bond acceptors (Lipinski definition) is 4. The average molecular weight is 304 g/mol. The van der Waals surface area contributed by atoms with Gasteiger partial charge in [0.1, 0.15) is 5.69 Å². The fourth-order valence-electron chi connectivity index (χ4n) is 3.02. The van der Waals surface area contributed by atoms with Gasteiger partial charge in [-0.25, -0.2) is 9.97 Å². The second-order valence-electron chi connectivity index (χ2n) is 6.03. The highest BCUT2D eigenvalue weighted by atomic mass is 16.2. The van der Waals surface area contributed by atoms with E-state index in [9.17, 15) is 4.79 Å². The number of rotatable bonds is 5. The average Bonchev–Trinajstić information content (AvgIpc) is 2.76. The number of carbonyl (C=O) groups excluding carboxylic acids is 1. The van der Waals surface area contributed by atoms with Gasteiger partial charge >= 0.3 is 0 Å². The molecule has 0 radical (unpaired) electrons. The third-order valence-corrected chi connectivity index (χ3v) is 4.31. The Bertz CT molecular complexity index is 491. The third-order valence-electron chi connectivity index (χ3n) is 4.31. The molecule has 1 aromatic heterocycles. The van der Waals surface area contributed by atoms with Gasteiger partial charge in [-0.05, 0) is 39.7 Å². The van der Waals surface area contributed by atoms with Gasteiger partial charge in [0.15, 0.2) is 0 Å². The first-order valence-electron chi connectivity index (χ1n) is 8.55. The number of nitrogens with zero attached hydrogens (tertiary/aromatic N) is 3. The highest BCUT2D eigenvalue weighted by Crippen LogP contribution is 2.20. The van der Waals surface area contributed by atoms with E-state index in [0.717, 1.165) is 18.5 Å². The number of amides is 1. The van der Waals surface area contributed by atoms with Gasteiger partial charge in [0.25, 0.3) is 5.91 Å². The Labute approximate surface area is 133 Å². The van der Waals surface area contributed by atoms with E-state index in [1.807, 2.05) is 20.8 Å². The highest BCUT2D eigenvalue weighted by molar-refractivity contribution is 5.92. The Kier molecular flexibility index (Phi) is 6.16. The fourth-order valence-corrected chi connectivity index (χ4v) is 3.02. The lowest BCUT2D eigenvalue weighted by Gasteiger charge is -2.20.